The second kappa shape index (κ2) is 5.85. The molecule has 0 aliphatic rings. The molecule has 2 aromatic heterocycles. The van der Waals surface area contributed by atoms with Crippen molar-refractivity contribution in [2.75, 3.05) is 7.11 Å². The van der Waals surface area contributed by atoms with Crippen LogP contribution in [0.1, 0.15) is 20.6 Å². The largest absolute Gasteiger partial charge is 0.495 e. The smallest absolute Gasteiger partial charge is 0.331 e. The third-order valence-electron chi connectivity index (χ3n) is 2.41. The summed E-state index contributed by atoms with van der Waals surface area (Å²) in [6.45, 7) is 0. The van der Waals surface area contributed by atoms with Gasteiger partial charge in [0, 0.05) is 4.88 Å². The Balaban J connectivity index is 2.19. The van der Waals surface area contributed by atoms with Crippen molar-refractivity contribution in [2.24, 2.45) is 0 Å². The molecule has 1 amide bonds. The van der Waals surface area contributed by atoms with E-state index in [0.717, 1.165) is 0 Å². The molecule has 0 aliphatic heterocycles. The number of carboxylic acids is 1. The molecule has 0 fully saturated rings. The van der Waals surface area contributed by atoms with Crippen LogP contribution >= 0.6 is 22.7 Å². The van der Waals surface area contributed by atoms with Crippen LogP contribution < -0.4 is 10.1 Å². The molecule has 2 rings (SSSR count). The Morgan fingerprint density at radius 2 is 2.11 bits per heavy atom. The molecular weight excluding hydrogens is 286 g/mol. The lowest BCUT2D eigenvalue weighted by atomic mass is 10.2. The highest BCUT2D eigenvalue weighted by Crippen LogP contribution is 2.26. The number of methoxy groups -OCH3 is 1. The zero-order valence-corrected chi connectivity index (χ0v) is 11.6. The van der Waals surface area contributed by atoms with Crippen molar-refractivity contribution >= 4 is 34.6 Å². The Kier molecular flexibility index (Phi) is 4.18. The van der Waals surface area contributed by atoms with Gasteiger partial charge in [0.15, 0.2) is 6.04 Å². The Morgan fingerprint density at radius 1 is 1.32 bits per heavy atom. The van der Waals surface area contributed by atoms with E-state index in [-0.39, 0.29) is 0 Å². The number of thiophene rings is 2. The summed E-state index contributed by atoms with van der Waals surface area (Å²) in [4.78, 5) is 24.2. The molecule has 7 heteroatoms. The summed E-state index contributed by atoms with van der Waals surface area (Å²) in [5, 5.41) is 15.2. The van der Waals surface area contributed by atoms with Crippen molar-refractivity contribution in [2.45, 2.75) is 6.04 Å². The number of carbonyl (C=O) groups excluding carboxylic acids is 1. The number of carboxylic acid groups (broad SMARTS) is 1. The van der Waals surface area contributed by atoms with Crippen molar-refractivity contribution in [3.63, 3.8) is 0 Å². The van der Waals surface area contributed by atoms with E-state index in [1.807, 2.05) is 0 Å². The first-order chi connectivity index (χ1) is 9.13. The molecule has 19 heavy (non-hydrogen) atoms. The third kappa shape index (κ3) is 2.94. The molecule has 1 atom stereocenters. The van der Waals surface area contributed by atoms with Gasteiger partial charge in [-0.25, -0.2) is 4.79 Å². The van der Waals surface area contributed by atoms with Crippen LogP contribution in [0.5, 0.6) is 5.75 Å². The van der Waals surface area contributed by atoms with E-state index in [4.69, 9.17) is 4.74 Å². The maximum absolute atomic E-state index is 12.1. The summed E-state index contributed by atoms with van der Waals surface area (Å²) >= 11 is 2.49. The minimum Gasteiger partial charge on any atom is -0.495 e. The van der Waals surface area contributed by atoms with Gasteiger partial charge in [-0.3, -0.25) is 4.79 Å². The molecule has 2 N–H and O–H groups in total. The van der Waals surface area contributed by atoms with Crippen molar-refractivity contribution in [1.29, 1.82) is 0 Å². The number of amides is 1. The Bertz CT molecular complexity index is 576. The molecule has 0 radical (unpaired) electrons. The van der Waals surface area contributed by atoms with Gasteiger partial charge in [-0.1, -0.05) is 6.07 Å². The molecular formula is C12H11NO4S2. The van der Waals surface area contributed by atoms with E-state index in [2.05, 4.69) is 5.32 Å². The lowest BCUT2D eigenvalue weighted by molar-refractivity contribution is -0.139. The summed E-state index contributed by atoms with van der Waals surface area (Å²) in [6, 6.07) is 4.04. The third-order valence-corrected chi connectivity index (χ3v) is 4.24. The highest BCUT2D eigenvalue weighted by atomic mass is 32.1. The summed E-state index contributed by atoms with van der Waals surface area (Å²) < 4.78 is 5.04. The molecule has 0 spiro atoms. The highest BCUT2D eigenvalue weighted by molar-refractivity contribution is 7.12. The molecule has 0 saturated carbocycles. The lowest BCUT2D eigenvalue weighted by Crippen LogP contribution is -2.32. The van der Waals surface area contributed by atoms with E-state index < -0.39 is 17.9 Å². The van der Waals surface area contributed by atoms with Gasteiger partial charge >= 0.3 is 5.97 Å². The van der Waals surface area contributed by atoms with Gasteiger partial charge in [-0.15, -0.1) is 22.7 Å². The summed E-state index contributed by atoms with van der Waals surface area (Å²) in [5.41, 5.74) is 0. The zero-order valence-electron chi connectivity index (χ0n) is 9.95. The fourth-order valence-electron chi connectivity index (χ4n) is 1.53. The van der Waals surface area contributed by atoms with Crippen LogP contribution in [0, 0.1) is 0 Å². The van der Waals surface area contributed by atoms with E-state index in [1.54, 1.807) is 29.0 Å². The van der Waals surface area contributed by atoms with E-state index in [1.165, 1.54) is 29.8 Å². The SMILES string of the molecule is COc1ccsc1C(=O)NC(C(=O)O)c1cccs1. The van der Waals surface area contributed by atoms with Crippen molar-refractivity contribution < 1.29 is 19.4 Å². The summed E-state index contributed by atoms with van der Waals surface area (Å²) in [6.07, 6.45) is 0. The van der Waals surface area contributed by atoms with Crippen LogP contribution in [0.25, 0.3) is 0 Å². The van der Waals surface area contributed by atoms with E-state index in [9.17, 15) is 14.7 Å². The van der Waals surface area contributed by atoms with E-state index >= 15 is 0 Å². The zero-order chi connectivity index (χ0) is 13.8. The Morgan fingerprint density at radius 3 is 2.68 bits per heavy atom. The van der Waals surface area contributed by atoms with Gasteiger partial charge in [-0.2, -0.15) is 0 Å². The van der Waals surface area contributed by atoms with Crippen LogP contribution in [0.15, 0.2) is 29.0 Å². The summed E-state index contributed by atoms with van der Waals surface area (Å²) in [5.74, 6) is -1.10. The number of ether oxygens (including phenoxy) is 1. The van der Waals surface area contributed by atoms with Gasteiger partial charge < -0.3 is 15.2 Å². The predicted molar refractivity (Wildman–Crippen MR) is 73.0 cm³/mol. The van der Waals surface area contributed by atoms with E-state index in [0.29, 0.717) is 15.5 Å². The fourth-order valence-corrected chi connectivity index (χ4v) is 3.06. The van der Waals surface area contributed by atoms with Crippen LogP contribution in [-0.4, -0.2) is 24.1 Å². The van der Waals surface area contributed by atoms with Crippen LogP contribution in [0.4, 0.5) is 0 Å². The monoisotopic (exact) mass is 297 g/mol. The normalized spacial score (nSPS) is 11.8. The molecule has 2 aromatic rings. The number of nitrogens with one attached hydrogen (secondary N) is 1. The molecule has 0 aliphatic carbocycles. The minimum atomic E-state index is -1.09. The minimum absolute atomic E-state index is 0.366. The lowest BCUT2D eigenvalue weighted by Gasteiger charge is -2.12. The number of rotatable bonds is 5. The first-order valence-corrected chi connectivity index (χ1v) is 7.08. The van der Waals surface area contributed by atoms with Crippen molar-refractivity contribution in [1.82, 2.24) is 5.32 Å². The van der Waals surface area contributed by atoms with Crippen LogP contribution in [-0.2, 0) is 4.79 Å². The quantitative estimate of drug-likeness (QED) is 0.888. The maximum atomic E-state index is 12.1. The average molecular weight is 297 g/mol. The van der Waals surface area contributed by atoms with Gasteiger partial charge in [0.1, 0.15) is 10.6 Å². The molecule has 5 nitrogen and oxygen atoms in total. The van der Waals surface area contributed by atoms with Crippen molar-refractivity contribution in [3.8, 4) is 5.75 Å². The topological polar surface area (TPSA) is 75.6 Å². The molecule has 0 bridgehead atoms. The second-order valence-corrected chi connectivity index (χ2v) is 5.47. The molecule has 100 valence electrons. The van der Waals surface area contributed by atoms with Gasteiger partial charge in [0.25, 0.3) is 5.91 Å². The first-order valence-electron chi connectivity index (χ1n) is 5.32. The second-order valence-electron chi connectivity index (χ2n) is 3.58. The maximum Gasteiger partial charge on any atom is 0.331 e. The van der Waals surface area contributed by atoms with Gasteiger partial charge in [0.05, 0.1) is 7.11 Å². The summed E-state index contributed by atoms with van der Waals surface area (Å²) in [7, 11) is 1.47. The van der Waals surface area contributed by atoms with Gasteiger partial charge in [-0.05, 0) is 22.9 Å². The molecule has 2 heterocycles. The molecule has 0 aromatic carbocycles. The number of aliphatic carboxylic acids is 1. The van der Waals surface area contributed by atoms with Crippen molar-refractivity contribution in [3.05, 3.63) is 38.7 Å². The number of carbonyl (C=O) groups is 2. The molecule has 0 saturated heterocycles. The fraction of sp³-hybridized carbons (Fsp3) is 0.167. The van der Waals surface area contributed by atoms with Crippen LogP contribution in [0.2, 0.25) is 0 Å². The number of hydrogen-bond acceptors (Lipinski definition) is 5. The Labute approximate surface area is 117 Å². The van der Waals surface area contributed by atoms with Crippen LogP contribution in [0.3, 0.4) is 0 Å². The molecule has 1 unspecified atom stereocenters. The number of hydrogen-bond donors (Lipinski definition) is 2. The standard InChI is InChI=1S/C12H11NO4S2/c1-17-7-4-6-19-10(7)11(14)13-9(12(15)16)8-3-2-5-18-8/h2-6,9H,1H3,(H,13,14)(H,15,16). The highest BCUT2D eigenvalue weighted by Gasteiger charge is 2.25. The van der Waals surface area contributed by atoms with Gasteiger partial charge in [0.2, 0.25) is 0 Å². The predicted octanol–water partition coefficient (Wildman–Crippen LogP) is 2.37. The average Bonchev–Trinajstić information content (AvgIpc) is 3.05. The Hall–Kier alpha value is -1.86. The first kappa shape index (κ1) is 13.6.